The minimum atomic E-state index is -0.555. The van der Waals surface area contributed by atoms with Crippen LogP contribution >= 0.6 is 15.9 Å². The van der Waals surface area contributed by atoms with E-state index >= 15 is 0 Å². The van der Waals surface area contributed by atoms with Gasteiger partial charge in [0, 0.05) is 10.0 Å². The molecule has 2 rings (SSSR count). The van der Waals surface area contributed by atoms with Gasteiger partial charge in [-0.3, -0.25) is 0 Å². The first-order valence-electron chi connectivity index (χ1n) is 6.64. The van der Waals surface area contributed by atoms with Crippen molar-refractivity contribution in [3.63, 3.8) is 0 Å². The maximum Gasteiger partial charge on any atom is 0.125 e. The Balaban J connectivity index is 2.23. The lowest BCUT2D eigenvalue weighted by atomic mass is 10.0. The molecule has 1 atom stereocenters. The second kappa shape index (κ2) is 6.42. The maximum atomic E-state index is 9.83. The van der Waals surface area contributed by atoms with Gasteiger partial charge >= 0.3 is 0 Å². The van der Waals surface area contributed by atoms with Gasteiger partial charge in [-0.05, 0) is 55.7 Å². The predicted octanol–water partition coefficient (Wildman–Crippen LogP) is 4.70. The number of aryl methyl sites for hydroxylation is 2. The van der Waals surface area contributed by atoms with Crippen molar-refractivity contribution in [2.45, 2.75) is 33.5 Å². The van der Waals surface area contributed by atoms with Crippen molar-refractivity contribution >= 4 is 15.9 Å². The van der Waals surface area contributed by atoms with Crippen LogP contribution in [0, 0.1) is 13.8 Å². The molecule has 0 amide bonds. The highest BCUT2D eigenvalue weighted by Crippen LogP contribution is 2.29. The summed E-state index contributed by atoms with van der Waals surface area (Å²) in [6.45, 7) is 6.43. The molecule has 0 aliphatic carbocycles. The fraction of sp³-hybridized carbons (Fsp3) is 0.294. The number of hydrogen-bond donors (Lipinski definition) is 1. The van der Waals surface area contributed by atoms with Crippen LogP contribution in [-0.2, 0) is 6.61 Å². The molecular weight excluding hydrogens is 316 g/mol. The van der Waals surface area contributed by atoms with Crippen molar-refractivity contribution in [2.75, 3.05) is 0 Å². The van der Waals surface area contributed by atoms with E-state index in [-0.39, 0.29) is 0 Å². The second-order valence-corrected chi connectivity index (χ2v) is 5.93. The molecule has 106 valence electrons. The van der Waals surface area contributed by atoms with Gasteiger partial charge in [-0.1, -0.05) is 34.1 Å². The smallest absolute Gasteiger partial charge is 0.125 e. The van der Waals surface area contributed by atoms with E-state index in [0.717, 1.165) is 15.8 Å². The Labute approximate surface area is 128 Å². The molecule has 0 heterocycles. The molecule has 3 heteroatoms. The third kappa shape index (κ3) is 3.41. The number of benzene rings is 2. The first kappa shape index (κ1) is 15.1. The van der Waals surface area contributed by atoms with Crippen LogP contribution in [0.15, 0.2) is 40.9 Å². The SMILES string of the molecule is Cc1cccc(C)c1COc1ccc(Br)cc1[C@H](C)O. The standard InChI is InChI=1S/C17H19BrO2/c1-11-5-4-6-12(2)16(11)10-20-17-8-7-14(18)9-15(17)13(3)19/h4-9,13,19H,10H2,1-3H3/t13-/m0/s1. The van der Waals surface area contributed by atoms with Crippen molar-refractivity contribution in [3.8, 4) is 5.75 Å². The first-order chi connectivity index (χ1) is 9.49. The van der Waals surface area contributed by atoms with Gasteiger partial charge in [-0.25, -0.2) is 0 Å². The summed E-state index contributed by atoms with van der Waals surface area (Å²) in [5, 5.41) is 9.83. The Morgan fingerprint density at radius 1 is 1.15 bits per heavy atom. The molecule has 0 aliphatic rings. The van der Waals surface area contributed by atoms with E-state index < -0.39 is 6.10 Å². The molecule has 0 unspecified atom stereocenters. The van der Waals surface area contributed by atoms with Crippen molar-refractivity contribution in [2.24, 2.45) is 0 Å². The Bertz CT molecular complexity index is 586. The predicted molar refractivity (Wildman–Crippen MR) is 85.0 cm³/mol. The van der Waals surface area contributed by atoms with Gasteiger partial charge < -0.3 is 9.84 Å². The number of hydrogen-bond acceptors (Lipinski definition) is 2. The zero-order valence-corrected chi connectivity index (χ0v) is 13.6. The number of halogens is 1. The van der Waals surface area contributed by atoms with Crippen molar-refractivity contribution in [1.82, 2.24) is 0 Å². The average Bonchev–Trinajstić information content (AvgIpc) is 2.39. The zero-order chi connectivity index (χ0) is 14.7. The summed E-state index contributed by atoms with van der Waals surface area (Å²) < 4.78 is 6.86. The van der Waals surface area contributed by atoms with E-state index in [4.69, 9.17) is 4.74 Å². The largest absolute Gasteiger partial charge is 0.489 e. The van der Waals surface area contributed by atoms with Gasteiger partial charge in [0.1, 0.15) is 12.4 Å². The summed E-state index contributed by atoms with van der Waals surface area (Å²) in [6, 6.07) is 11.9. The molecule has 0 saturated carbocycles. The van der Waals surface area contributed by atoms with E-state index in [1.165, 1.54) is 16.7 Å². The fourth-order valence-corrected chi connectivity index (χ4v) is 2.58. The van der Waals surface area contributed by atoms with Crippen molar-refractivity contribution in [3.05, 3.63) is 63.1 Å². The summed E-state index contributed by atoms with van der Waals surface area (Å²) in [4.78, 5) is 0. The van der Waals surface area contributed by atoms with E-state index in [2.05, 4.69) is 48.0 Å². The van der Waals surface area contributed by atoms with Crippen molar-refractivity contribution in [1.29, 1.82) is 0 Å². The summed E-state index contributed by atoms with van der Waals surface area (Å²) in [5.41, 5.74) is 4.44. The van der Waals surface area contributed by atoms with E-state index in [1.807, 2.05) is 18.2 Å². The quantitative estimate of drug-likeness (QED) is 0.878. The third-order valence-electron chi connectivity index (χ3n) is 3.44. The highest BCUT2D eigenvalue weighted by molar-refractivity contribution is 9.10. The highest BCUT2D eigenvalue weighted by atomic mass is 79.9. The Morgan fingerprint density at radius 2 is 1.80 bits per heavy atom. The molecule has 0 aromatic heterocycles. The number of ether oxygens (including phenoxy) is 1. The second-order valence-electron chi connectivity index (χ2n) is 5.02. The third-order valence-corrected chi connectivity index (χ3v) is 3.93. The van der Waals surface area contributed by atoms with Crippen LogP contribution in [0.3, 0.4) is 0 Å². The van der Waals surface area contributed by atoms with E-state index in [1.54, 1.807) is 6.92 Å². The molecule has 20 heavy (non-hydrogen) atoms. The Morgan fingerprint density at radius 3 is 2.40 bits per heavy atom. The lowest BCUT2D eigenvalue weighted by molar-refractivity contribution is 0.190. The lowest BCUT2D eigenvalue weighted by Crippen LogP contribution is -2.03. The van der Waals surface area contributed by atoms with Gasteiger partial charge in [0.15, 0.2) is 0 Å². The molecule has 2 aromatic rings. The van der Waals surface area contributed by atoms with Crippen LogP contribution in [0.1, 0.15) is 35.3 Å². The Hall–Kier alpha value is -1.32. The minimum Gasteiger partial charge on any atom is -0.489 e. The van der Waals surface area contributed by atoms with Crippen LogP contribution in [0.25, 0.3) is 0 Å². The molecule has 0 radical (unpaired) electrons. The maximum absolute atomic E-state index is 9.83. The normalized spacial score (nSPS) is 12.2. The summed E-state index contributed by atoms with van der Waals surface area (Å²) in [5.74, 6) is 0.728. The van der Waals surface area contributed by atoms with Gasteiger partial charge in [-0.15, -0.1) is 0 Å². The zero-order valence-electron chi connectivity index (χ0n) is 12.0. The average molecular weight is 335 g/mol. The van der Waals surface area contributed by atoms with Gasteiger partial charge in [0.05, 0.1) is 6.10 Å². The Kier molecular flexibility index (Phi) is 4.84. The van der Waals surface area contributed by atoms with Gasteiger partial charge in [-0.2, -0.15) is 0 Å². The molecule has 2 nitrogen and oxygen atoms in total. The fourth-order valence-electron chi connectivity index (χ4n) is 2.20. The molecular formula is C17H19BrO2. The van der Waals surface area contributed by atoms with Crippen LogP contribution in [0.5, 0.6) is 5.75 Å². The first-order valence-corrected chi connectivity index (χ1v) is 7.43. The molecule has 0 spiro atoms. The van der Waals surface area contributed by atoms with Crippen LogP contribution < -0.4 is 4.74 Å². The number of aliphatic hydroxyl groups is 1. The van der Waals surface area contributed by atoms with E-state index in [9.17, 15) is 5.11 Å². The van der Waals surface area contributed by atoms with E-state index in [0.29, 0.717) is 6.61 Å². The van der Waals surface area contributed by atoms with Crippen molar-refractivity contribution < 1.29 is 9.84 Å². The monoisotopic (exact) mass is 334 g/mol. The molecule has 0 aliphatic heterocycles. The summed E-state index contributed by atoms with van der Waals surface area (Å²) in [6.07, 6.45) is -0.555. The molecule has 0 fully saturated rings. The highest BCUT2D eigenvalue weighted by Gasteiger charge is 2.11. The minimum absolute atomic E-state index is 0.514. The van der Waals surface area contributed by atoms with Gasteiger partial charge in [0.2, 0.25) is 0 Å². The number of rotatable bonds is 4. The molecule has 1 N–H and O–H groups in total. The summed E-state index contributed by atoms with van der Waals surface area (Å²) in [7, 11) is 0. The van der Waals surface area contributed by atoms with Crippen LogP contribution in [0.4, 0.5) is 0 Å². The molecule has 0 saturated heterocycles. The number of aliphatic hydroxyl groups excluding tert-OH is 1. The van der Waals surface area contributed by atoms with Gasteiger partial charge in [0.25, 0.3) is 0 Å². The summed E-state index contributed by atoms with van der Waals surface area (Å²) >= 11 is 3.42. The van der Waals surface area contributed by atoms with Crippen LogP contribution in [-0.4, -0.2) is 5.11 Å². The molecule has 0 bridgehead atoms. The lowest BCUT2D eigenvalue weighted by Gasteiger charge is -2.16. The molecule has 2 aromatic carbocycles. The van der Waals surface area contributed by atoms with Crippen LogP contribution in [0.2, 0.25) is 0 Å². The topological polar surface area (TPSA) is 29.5 Å².